The van der Waals surface area contributed by atoms with Crippen LogP contribution in [-0.4, -0.2) is 33.2 Å². The van der Waals surface area contributed by atoms with Crippen molar-refractivity contribution in [2.75, 3.05) is 12.6 Å². The Morgan fingerprint density at radius 2 is 2.25 bits per heavy atom. The van der Waals surface area contributed by atoms with Gasteiger partial charge in [0, 0.05) is 17.8 Å². The minimum absolute atomic E-state index is 0.346. The van der Waals surface area contributed by atoms with Crippen LogP contribution >= 0.6 is 0 Å². The highest BCUT2D eigenvalue weighted by molar-refractivity contribution is 5.80. The number of methoxy groups -OCH3 is 1. The van der Waals surface area contributed by atoms with Gasteiger partial charge in [0.15, 0.2) is 0 Å². The van der Waals surface area contributed by atoms with Crippen molar-refractivity contribution in [2.45, 2.75) is 6.61 Å². The van der Waals surface area contributed by atoms with Crippen molar-refractivity contribution in [3.05, 3.63) is 66.4 Å². The number of ether oxygens (including phenoxy) is 2. The van der Waals surface area contributed by atoms with Gasteiger partial charge < -0.3 is 9.47 Å². The first kappa shape index (κ1) is 15.5. The Morgan fingerprint density at radius 1 is 1.29 bits per heavy atom. The first-order valence-corrected chi connectivity index (χ1v) is 7.19. The molecular formula is C16H16N6O2. The Balaban J connectivity index is 1.69. The molecule has 2 aromatic heterocycles. The molecule has 0 fully saturated rings. The summed E-state index contributed by atoms with van der Waals surface area (Å²) in [6.45, 7) is 0.346. The summed E-state index contributed by atoms with van der Waals surface area (Å²) in [6.07, 6.45) is 6.29. The molecule has 0 bridgehead atoms. The Labute approximate surface area is 138 Å². The Kier molecular flexibility index (Phi) is 4.98. The SMILES string of the molecule is COc1ccc(/C=N/Nn2cncn2)cc1COc1ccccn1. The van der Waals surface area contributed by atoms with Crippen molar-refractivity contribution in [1.82, 2.24) is 19.9 Å². The van der Waals surface area contributed by atoms with Gasteiger partial charge in [-0.15, -0.1) is 9.89 Å². The third-order valence-corrected chi connectivity index (χ3v) is 3.11. The molecule has 0 aliphatic carbocycles. The van der Waals surface area contributed by atoms with E-state index in [-0.39, 0.29) is 0 Å². The molecule has 1 N–H and O–H groups in total. The third kappa shape index (κ3) is 4.07. The summed E-state index contributed by atoms with van der Waals surface area (Å²) in [5.74, 6) is 1.30. The second-order valence-electron chi connectivity index (χ2n) is 4.73. The zero-order valence-electron chi connectivity index (χ0n) is 13.0. The molecule has 0 atom stereocenters. The molecule has 0 saturated carbocycles. The molecule has 0 saturated heterocycles. The molecule has 0 spiro atoms. The summed E-state index contributed by atoms with van der Waals surface area (Å²) in [5, 5.41) is 7.98. The second-order valence-corrected chi connectivity index (χ2v) is 4.73. The number of hydrazone groups is 1. The monoisotopic (exact) mass is 324 g/mol. The van der Waals surface area contributed by atoms with E-state index in [9.17, 15) is 0 Å². The minimum atomic E-state index is 0.346. The smallest absolute Gasteiger partial charge is 0.213 e. The summed E-state index contributed by atoms with van der Waals surface area (Å²) < 4.78 is 11.0. The van der Waals surface area contributed by atoms with Crippen molar-refractivity contribution in [3.63, 3.8) is 0 Å². The third-order valence-electron chi connectivity index (χ3n) is 3.11. The molecule has 1 aromatic carbocycles. The topological polar surface area (TPSA) is 86.5 Å². The van der Waals surface area contributed by atoms with E-state index < -0.39 is 0 Å². The number of pyridine rings is 1. The average molecular weight is 324 g/mol. The van der Waals surface area contributed by atoms with Crippen molar-refractivity contribution in [1.29, 1.82) is 0 Å². The number of hydrogen-bond acceptors (Lipinski definition) is 7. The van der Waals surface area contributed by atoms with Crippen LogP contribution in [0.4, 0.5) is 0 Å². The van der Waals surface area contributed by atoms with Crippen LogP contribution in [0, 0.1) is 0 Å². The summed E-state index contributed by atoms with van der Waals surface area (Å²) in [4.78, 5) is 9.34. The summed E-state index contributed by atoms with van der Waals surface area (Å²) in [6, 6.07) is 11.2. The van der Waals surface area contributed by atoms with Gasteiger partial charge in [-0.3, -0.25) is 0 Å². The lowest BCUT2D eigenvalue weighted by atomic mass is 10.1. The summed E-state index contributed by atoms with van der Waals surface area (Å²) in [5.41, 5.74) is 4.51. The van der Waals surface area contributed by atoms with Crippen molar-refractivity contribution in [2.24, 2.45) is 5.10 Å². The standard InChI is InChI=1S/C16H16N6O2/c1-23-15-6-5-13(9-19-21-22-12-17-11-20-22)8-14(15)10-24-16-4-2-3-7-18-16/h2-9,11-12,21H,10H2,1H3/b19-9+. The maximum Gasteiger partial charge on any atom is 0.213 e. The maximum atomic E-state index is 5.68. The number of nitrogens with one attached hydrogen (secondary N) is 1. The highest BCUT2D eigenvalue weighted by Gasteiger charge is 2.05. The fourth-order valence-corrected chi connectivity index (χ4v) is 2.00. The second kappa shape index (κ2) is 7.73. The molecule has 0 aliphatic heterocycles. The zero-order valence-corrected chi connectivity index (χ0v) is 13.0. The zero-order chi connectivity index (χ0) is 16.6. The summed E-state index contributed by atoms with van der Waals surface area (Å²) >= 11 is 0. The van der Waals surface area contributed by atoms with E-state index in [1.807, 2.05) is 30.3 Å². The van der Waals surface area contributed by atoms with Crippen LogP contribution in [0.1, 0.15) is 11.1 Å². The Hall–Kier alpha value is -3.42. The minimum Gasteiger partial charge on any atom is -0.496 e. The molecule has 0 radical (unpaired) electrons. The fourth-order valence-electron chi connectivity index (χ4n) is 2.00. The van der Waals surface area contributed by atoms with Gasteiger partial charge in [0.05, 0.1) is 13.3 Å². The molecule has 2 heterocycles. The molecule has 3 rings (SSSR count). The number of rotatable bonds is 7. The first-order valence-electron chi connectivity index (χ1n) is 7.19. The molecule has 24 heavy (non-hydrogen) atoms. The van der Waals surface area contributed by atoms with Gasteiger partial charge in [-0.25, -0.2) is 9.97 Å². The van der Waals surface area contributed by atoms with Gasteiger partial charge in [0.2, 0.25) is 5.88 Å². The molecule has 0 aliphatic rings. The largest absolute Gasteiger partial charge is 0.496 e. The van der Waals surface area contributed by atoms with E-state index in [1.165, 1.54) is 17.4 Å². The molecule has 3 aromatic rings. The van der Waals surface area contributed by atoms with Crippen LogP contribution < -0.4 is 15.0 Å². The molecule has 0 unspecified atom stereocenters. The normalized spacial score (nSPS) is 10.7. The van der Waals surface area contributed by atoms with Crippen LogP contribution in [0.25, 0.3) is 0 Å². The lowest BCUT2D eigenvalue weighted by Gasteiger charge is -2.10. The van der Waals surface area contributed by atoms with Crippen LogP contribution in [0.2, 0.25) is 0 Å². The predicted octanol–water partition coefficient (Wildman–Crippen LogP) is 1.84. The van der Waals surface area contributed by atoms with Gasteiger partial charge in [0.25, 0.3) is 0 Å². The lowest BCUT2D eigenvalue weighted by Crippen LogP contribution is -2.08. The van der Waals surface area contributed by atoms with Crippen molar-refractivity contribution >= 4 is 6.21 Å². The highest BCUT2D eigenvalue weighted by Crippen LogP contribution is 2.21. The first-order chi connectivity index (χ1) is 11.8. The molecule has 122 valence electrons. The van der Waals surface area contributed by atoms with Crippen LogP contribution in [0.3, 0.4) is 0 Å². The van der Waals surface area contributed by atoms with E-state index >= 15 is 0 Å². The number of nitrogens with zero attached hydrogens (tertiary/aromatic N) is 5. The molecule has 8 nitrogen and oxygen atoms in total. The summed E-state index contributed by atoms with van der Waals surface area (Å²) in [7, 11) is 1.62. The van der Waals surface area contributed by atoms with Gasteiger partial charge in [-0.05, 0) is 29.8 Å². The maximum absolute atomic E-state index is 5.68. The van der Waals surface area contributed by atoms with Crippen LogP contribution in [0.15, 0.2) is 60.4 Å². The molecule has 0 amide bonds. The van der Waals surface area contributed by atoms with E-state index in [0.29, 0.717) is 12.5 Å². The average Bonchev–Trinajstić information content (AvgIpc) is 3.14. The quantitative estimate of drug-likeness (QED) is 0.527. The van der Waals surface area contributed by atoms with E-state index in [2.05, 4.69) is 25.7 Å². The van der Waals surface area contributed by atoms with E-state index in [1.54, 1.807) is 25.6 Å². The highest BCUT2D eigenvalue weighted by atomic mass is 16.5. The fraction of sp³-hybridized carbons (Fsp3) is 0.125. The number of benzene rings is 1. The van der Waals surface area contributed by atoms with Gasteiger partial charge in [-0.1, -0.05) is 6.07 Å². The Bertz CT molecular complexity index is 790. The predicted molar refractivity (Wildman–Crippen MR) is 88.5 cm³/mol. The van der Waals surface area contributed by atoms with Gasteiger partial charge >= 0.3 is 0 Å². The van der Waals surface area contributed by atoms with Gasteiger partial charge in [0.1, 0.15) is 25.0 Å². The van der Waals surface area contributed by atoms with Crippen molar-refractivity contribution < 1.29 is 9.47 Å². The van der Waals surface area contributed by atoms with Crippen LogP contribution in [0.5, 0.6) is 11.6 Å². The molecule has 8 heteroatoms. The molecular weight excluding hydrogens is 308 g/mol. The van der Waals surface area contributed by atoms with Crippen molar-refractivity contribution in [3.8, 4) is 11.6 Å². The number of hydrogen-bond donors (Lipinski definition) is 1. The Morgan fingerprint density at radius 3 is 3.00 bits per heavy atom. The van der Waals surface area contributed by atoms with E-state index in [4.69, 9.17) is 9.47 Å². The van der Waals surface area contributed by atoms with Gasteiger partial charge in [-0.2, -0.15) is 10.6 Å². The number of aromatic nitrogens is 4. The lowest BCUT2D eigenvalue weighted by molar-refractivity contribution is 0.285. The van der Waals surface area contributed by atoms with E-state index in [0.717, 1.165) is 16.9 Å². The van der Waals surface area contributed by atoms with Crippen LogP contribution in [-0.2, 0) is 6.61 Å².